The van der Waals surface area contributed by atoms with Crippen LogP contribution < -0.4 is 10.5 Å². The van der Waals surface area contributed by atoms with Crippen LogP contribution in [0.15, 0.2) is 42.5 Å². The van der Waals surface area contributed by atoms with E-state index in [9.17, 15) is 17.6 Å². The average molecular weight is 285 g/mol. The van der Waals surface area contributed by atoms with Crippen LogP contribution in [-0.4, -0.2) is 6.36 Å². The van der Waals surface area contributed by atoms with Crippen molar-refractivity contribution in [3.63, 3.8) is 0 Å². The number of ether oxygens (including phenoxy) is 1. The first-order valence-electron chi connectivity index (χ1n) is 5.74. The SMILES string of the molecule is NCc1ccc(-c2cccc(OC(F)(F)F)c2)cc1F. The second kappa shape index (κ2) is 5.50. The van der Waals surface area contributed by atoms with Crippen molar-refractivity contribution in [1.29, 1.82) is 0 Å². The highest BCUT2D eigenvalue weighted by molar-refractivity contribution is 5.65. The Morgan fingerprint density at radius 3 is 2.30 bits per heavy atom. The molecular weight excluding hydrogens is 274 g/mol. The Bertz CT molecular complexity index is 610. The van der Waals surface area contributed by atoms with E-state index < -0.39 is 12.2 Å². The van der Waals surface area contributed by atoms with E-state index in [1.807, 2.05) is 0 Å². The fourth-order valence-electron chi connectivity index (χ4n) is 1.77. The number of hydrogen-bond donors (Lipinski definition) is 1. The van der Waals surface area contributed by atoms with E-state index in [-0.39, 0.29) is 12.3 Å². The molecule has 2 nitrogen and oxygen atoms in total. The third kappa shape index (κ3) is 3.48. The predicted molar refractivity (Wildman–Crippen MR) is 66.4 cm³/mol. The lowest BCUT2D eigenvalue weighted by Gasteiger charge is -2.10. The van der Waals surface area contributed by atoms with Crippen LogP contribution in [0.1, 0.15) is 5.56 Å². The summed E-state index contributed by atoms with van der Waals surface area (Å²) in [5.74, 6) is -0.842. The Morgan fingerprint density at radius 1 is 1.00 bits per heavy atom. The summed E-state index contributed by atoms with van der Waals surface area (Å²) < 4.78 is 53.9. The molecule has 0 bridgehead atoms. The lowest BCUT2D eigenvalue weighted by atomic mass is 10.0. The van der Waals surface area contributed by atoms with Gasteiger partial charge in [-0.05, 0) is 29.3 Å². The molecule has 0 saturated carbocycles. The summed E-state index contributed by atoms with van der Waals surface area (Å²) in [6, 6.07) is 9.69. The van der Waals surface area contributed by atoms with E-state index in [4.69, 9.17) is 5.73 Å². The van der Waals surface area contributed by atoms with Crippen molar-refractivity contribution >= 4 is 0 Å². The number of hydrogen-bond acceptors (Lipinski definition) is 2. The highest BCUT2D eigenvalue weighted by Crippen LogP contribution is 2.28. The van der Waals surface area contributed by atoms with Crippen molar-refractivity contribution in [3.8, 4) is 16.9 Å². The molecule has 0 aromatic heterocycles. The molecule has 106 valence electrons. The predicted octanol–water partition coefficient (Wildman–Crippen LogP) is 3.85. The first-order valence-corrected chi connectivity index (χ1v) is 5.74. The lowest BCUT2D eigenvalue weighted by molar-refractivity contribution is -0.274. The van der Waals surface area contributed by atoms with Gasteiger partial charge in [-0.1, -0.05) is 24.3 Å². The Balaban J connectivity index is 2.33. The van der Waals surface area contributed by atoms with Crippen molar-refractivity contribution < 1.29 is 22.3 Å². The maximum Gasteiger partial charge on any atom is 0.573 e. The molecule has 0 atom stereocenters. The molecule has 0 unspecified atom stereocenters. The van der Waals surface area contributed by atoms with E-state index >= 15 is 0 Å². The Labute approximate surface area is 112 Å². The van der Waals surface area contributed by atoms with Gasteiger partial charge in [-0.25, -0.2) is 4.39 Å². The Kier molecular flexibility index (Phi) is 3.94. The van der Waals surface area contributed by atoms with Gasteiger partial charge in [-0.15, -0.1) is 13.2 Å². The van der Waals surface area contributed by atoms with Gasteiger partial charge in [0.25, 0.3) is 0 Å². The van der Waals surface area contributed by atoms with Crippen LogP contribution in [0.4, 0.5) is 17.6 Å². The molecule has 2 rings (SSSR count). The van der Waals surface area contributed by atoms with Crippen molar-refractivity contribution in [2.24, 2.45) is 5.73 Å². The third-order valence-corrected chi connectivity index (χ3v) is 2.67. The van der Waals surface area contributed by atoms with Crippen LogP contribution in [0.2, 0.25) is 0 Å². The van der Waals surface area contributed by atoms with Crippen LogP contribution in [0.25, 0.3) is 11.1 Å². The van der Waals surface area contributed by atoms with Gasteiger partial charge in [0.15, 0.2) is 0 Å². The molecule has 6 heteroatoms. The minimum absolute atomic E-state index is 0.0589. The molecule has 0 saturated heterocycles. The fourth-order valence-corrected chi connectivity index (χ4v) is 1.77. The van der Waals surface area contributed by atoms with Gasteiger partial charge >= 0.3 is 6.36 Å². The summed E-state index contributed by atoms with van der Waals surface area (Å²) in [5, 5.41) is 0. The molecule has 2 N–H and O–H groups in total. The van der Waals surface area contributed by atoms with Gasteiger partial charge in [0, 0.05) is 12.1 Å². The normalized spacial score (nSPS) is 11.4. The van der Waals surface area contributed by atoms with Gasteiger partial charge in [0.1, 0.15) is 11.6 Å². The molecule has 0 radical (unpaired) electrons. The van der Waals surface area contributed by atoms with E-state index in [0.717, 1.165) is 0 Å². The zero-order chi connectivity index (χ0) is 14.8. The molecule has 2 aromatic carbocycles. The van der Waals surface area contributed by atoms with Crippen LogP contribution in [0.3, 0.4) is 0 Å². The van der Waals surface area contributed by atoms with Crippen LogP contribution in [0, 0.1) is 5.82 Å². The summed E-state index contributed by atoms with van der Waals surface area (Å²) in [6.07, 6.45) is -4.76. The second-order valence-electron chi connectivity index (χ2n) is 4.09. The molecule has 0 fully saturated rings. The molecular formula is C14H11F4NO. The van der Waals surface area contributed by atoms with Crippen LogP contribution >= 0.6 is 0 Å². The first-order chi connectivity index (χ1) is 9.39. The van der Waals surface area contributed by atoms with E-state index in [1.54, 1.807) is 12.1 Å². The van der Waals surface area contributed by atoms with Gasteiger partial charge in [0.05, 0.1) is 0 Å². The van der Waals surface area contributed by atoms with Crippen LogP contribution in [0.5, 0.6) is 5.75 Å². The second-order valence-corrected chi connectivity index (χ2v) is 4.09. The zero-order valence-electron chi connectivity index (χ0n) is 10.2. The Hall–Kier alpha value is -2.08. The van der Waals surface area contributed by atoms with Crippen LogP contribution in [-0.2, 0) is 6.54 Å². The maximum atomic E-state index is 13.6. The molecule has 0 heterocycles. The number of alkyl halides is 3. The van der Waals surface area contributed by atoms with E-state index in [1.165, 1.54) is 30.3 Å². The fraction of sp³-hybridized carbons (Fsp3) is 0.143. The molecule has 0 aliphatic heterocycles. The largest absolute Gasteiger partial charge is 0.573 e. The van der Waals surface area contributed by atoms with Crippen molar-refractivity contribution in [1.82, 2.24) is 0 Å². The van der Waals surface area contributed by atoms with E-state index in [2.05, 4.69) is 4.74 Å². The highest BCUT2D eigenvalue weighted by Gasteiger charge is 2.31. The molecule has 2 aromatic rings. The maximum absolute atomic E-state index is 13.6. The van der Waals surface area contributed by atoms with Crippen molar-refractivity contribution in [3.05, 3.63) is 53.8 Å². The number of halogens is 4. The molecule has 0 aliphatic rings. The van der Waals surface area contributed by atoms with Gasteiger partial charge in [0.2, 0.25) is 0 Å². The van der Waals surface area contributed by atoms with Gasteiger partial charge in [-0.2, -0.15) is 0 Å². The standard InChI is InChI=1S/C14H11F4NO/c15-13-7-10(4-5-11(13)8-19)9-2-1-3-12(6-9)20-14(16,17)18/h1-7H,8,19H2. The Morgan fingerprint density at radius 2 is 1.70 bits per heavy atom. The minimum Gasteiger partial charge on any atom is -0.406 e. The lowest BCUT2D eigenvalue weighted by Crippen LogP contribution is -2.17. The average Bonchev–Trinajstić information content (AvgIpc) is 2.37. The highest BCUT2D eigenvalue weighted by atomic mass is 19.4. The molecule has 0 spiro atoms. The van der Waals surface area contributed by atoms with Gasteiger partial charge in [-0.3, -0.25) is 0 Å². The number of nitrogens with two attached hydrogens (primary N) is 1. The third-order valence-electron chi connectivity index (χ3n) is 2.67. The minimum atomic E-state index is -4.76. The summed E-state index contributed by atoms with van der Waals surface area (Å²) in [6.45, 7) is 0.0589. The summed E-state index contributed by atoms with van der Waals surface area (Å²) in [4.78, 5) is 0. The van der Waals surface area contributed by atoms with Gasteiger partial charge < -0.3 is 10.5 Å². The molecule has 20 heavy (non-hydrogen) atoms. The summed E-state index contributed by atoms with van der Waals surface area (Å²) >= 11 is 0. The summed E-state index contributed by atoms with van der Waals surface area (Å²) in [5.41, 5.74) is 6.57. The smallest absolute Gasteiger partial charge is 0.406 e. The monoisotopic (exact) mass is 285 g/mol. The molecule has 0 aliphatic carbocycles. The number of benzene rings is 2. The first kappa shape index (κ1) is 14.3. The molecule has 0 amide bonds. The topological polar surface area (TPSA) is 35.2 Å². The summed E-state index contributed by atoms with van der Waals surface area (Å²) in [7, 11) is 0. The van der Waals surface area contributed by atoms with Crippen molar-refractivity contribution in [2.75, 3.05) is 0 Å². The zero-order valence-corrected chi connectivity index (χ0v) is 10.2. The number of rotatable bonds is 3. The quantitative estimate of drug-likeness (QED) is 0.869. The van der Waals surface area contributed by atoms with Crippen molar-refractivity contribution in [2.45, 2.75) is 12.9 Å². The van der Waals surface area contributed by atoms with E-state index in [0.29, 0.717) is 16.7 Å².